The smallest absolute Gasteiger partial charge is 0.0569 e. The lowest BCUT2D eigenvalue weighted by Gasteiger charge is -2.35. The molecule has 2 heterocycles. The Labute approximate surface area is 115 Å². The van der Waals surface area contributed by atoms with E-state index in [2.05, 4.69) is 42.1 Å². The van der Waals surface area contributed by atoms with E-state index in [1.165, 1.54) is 23.4 Å². The lowest BCUT2D eigenvalue weighted by Crippen LogP contribution is -2.42. The van der Waals surface area contributed by atoms with Gasteiger partial charge in [0.25, 0.3) is 0 Å². The molecule has 0 aliphatic carbocycles. The summed E-state index contributed by atoms with van der Waals surface area (Å²) in [6, 6.07) is 3.18. The lowest BCUT2D eigenvalue weighted by atomic mass is 10.1. The van der Waals surface area contributed by atoms with Crippen molar-refractivity contribution in [1.29, 1.82) is 0 Å². The molecule has 0 bridgehead atoms. The van der Waals surface area contributed by atoms with Crippen molar-refractivity contribution in [1.82, 2.24) is 9.80 Å². The first-order chi connectivity index (χ1) is 8.63. The van der Waals surface area contributed by atoms with Gasteiger partial charge in [0.2, 0.25) is 0 Å². The second kappa shape index (κ2) is 6.15. The number of nitrogens with zero attached hydrogens (tertiary/aromatic N) is 2. The standard InChI is InChI=1S/C14H25N3S/c1-11-5-8-18-14(11)13(9-15)17-7-4-6-16(3)10-12(17)2/h5,8,12-13H,4,6-7,9-10,15H2,1-3H3. The van der Waals surface area contributed by atoms with Crippen molar-refractivity contribution in [2.75, 3.05) is 33.2 Å². The number of hydrogen-bond acceptors (Lipinski definition) is 4. The highest BCUT2D eigenvalue weighted by Crippen LogP contribution is 2.30. The molecule has 2 rings (SSSR count). The second-order valence-corrected chi connectivity index (χ2v) is 6.37. The van der Waals surface area contributed by atoms with E-state index in [9.17, 15) is 0 Å². The molecule has 0 aromatic carbocycles. The van der Waals surface area contributed by atoms with Crippen LogP contribution in [0.1, 0.15) is 29.8 Å². The van der Waals surface area contributed by atoms with Crippen LogP contribution < -0.4 is 5.73 Å². The minimum atomic E-state index is 0.395. The summed E-state index contributed by atoms with van der Waals surface area (Å²) >= 11 is 1.85. The molecule has 0 radical (unpaired) electrons. The van der Waals surface area contributed by atoms with E-state index in [4.69, 9.17) is 5.73 Å². The van der Waals surface area contributed by atoms with Crippen LogP contribution in [-0.4, -0.2) is 49.1 Å². The minimum absolute atomic E-state index is 0.395. The van der Waals surface area contributed by atoms with Gasteiger partial charge in [-0.1, -0.05) is 0 Å². The Morgan fingerprint density at radius 1 is 1.50 bits per heavy atom. The van der Waals surface area contributed by atoms with E-state index in [1.807, 2.05) is 11.3 Å². The van der Waals surface area contributed by atoms with Crippen LogP contribution in [0, 0.1) is 6.92 Å². The van der Waals surface area contributed by atoms with Crippen LogP contribution in [-0.2, 0) is 0 Å². The maximum atomic E-state index is 6.06. The van der Waals surface area contributed by atoms with Gasteiger partial charge in [-0.25, -0.2) is 0 Å². The van der Waals surface area contributed by atoms with Gasteiger partial charge in [-0.2, -0.15) is 0 Å². The number of rotatable bonds is 3. The molecule has 0 spiro atoms. The molecule has 1 aromatic heterocycles. The molecule has 3 nitrogen and oxygen atoms in total. The Hall–Kier alpha value is -0.420. The molecule has 4 heteroatoms. The van der Waals surface area contributed by atoms with Gasteiger partial charge in [0.1, 0.15) is 0 Å². The molecule has 1 fully saturated rings. The Bertz CT molecular complexity index is 377. The van der Waals surface area contributed by atoms with E-state index < -0.39 is 0 Å². The fourth-order valence-corrected chi connectivity index (χ4v) is 4.03. The molecule has 102 valence electrons. The fraction of sp³-hybridized carbons (Fsp3) is 0.714. The summed E-state index contributed by atoms with van der Waals surface area (Å²) in [5.41, 5.74) is 7.45. The van der Waals surface area contributed by atoms with Gasteiger partial charge in [0.05, 0.1) is 6.04 Å². The molecule has 0 amide bonds. The Morgan fingerprint density at radius 3 is 2.89 bits per heavy atom. The average Bonchev–Trinajstić information content (AvgIpc) is 2.66. The molecule has 1 aliphatic rings. The van der Waals surface area contributed by atoms with Gasteiger partial charge >= 0.3 is 0 Å². The second-order valence-electron chi connectivity index (χ2n) is 5.42. The van der Waals surface area contributed by atoms with E-state index in [1.54, 1.807) is 0 Å². The van der Waals surface area contributed by atoms with Crippen molar-refractivity contribution in [3.8, 4) is 0 Å². The largest absolute Gasteiger partial charge is 0.329 e. The van der Waals surface area contributed by atoms with Crippen LogP contribution >= 0.6 is 11.3 Å². The van der Waals surface area contributed by atoms with Crippen LogP contribution in [0.4, 0.5) is 0 Å². The molecule has 1 aliphatic heterocycles. The zero-order valence-electron chi connectivity index (χ0n) is 11.7. The predicted molar refractivity (Wildman–Crippen MR) is 79.1 cm³/mol. The molecule has 2 N–H and O–H groups in total. The van der Waals surface area contributed by atoms with Gasteiger partial charge < -0.3 is 10.6 Å². The average molecular weight is 267 g/mol. The summed E-state index contributed by atoms with van der Waals surface area (Å²) in [4.78, 5) is 6.48. The number of aryl methyl sites for hydroxylation is 1. The van der Waals surface area contributed by atoms with E-state index in [-0.39, 0.29) is 0 Å². The summed E-state index contributed by atoms with van der Waals surface area (Å²) in [5.74, 6) is 0. The summed E-state index contributed by atoms with van der Waals surface area (Å²) in [6.07, 6.45) is 1.24. The van der Waals surface area contributed by atoms with Crippen molar-refractivity contribution in [3.63, 3.8) is 0 Å². The number of nitrogens with two attached hydrogens (primary N) is 1. The maximum absolute atomic E-state index is 6.06. The molecule has 2 unspecified atom stereocenters. The van der Waals surface area contributed by atoms with Crippen LogP contribution in [0.5, 0.6) is 0 Å². The summed E-state index contributed by atoms with van der Waals surface area (Å²) < 4.78 is 0. The lowest BCUT2D eigenvalue weighted by molar-refractivity contribution is 0.148. The molecule has 18 heavy (non-hydrogen) atoms. The SMILES string of the molecule is Cc1ccsc1C(CN)N1CCCN(C)CC1C. The zero-order valence-corrected chi connectivity index (χ0v) is 12.5. The van der Waals surface area contributed by atoms with Gasteiger partial charge in [0, 0.05) is 30.6 Å². The molecular weight excluding hydrogens is 242 g/mol. The zero-order chi connectivity index (χ0) is 13.1. The molecule has 2 atom stereocenters. The van der Waals surface area contributed by atoms with Crippen molar-refractivity contribution in [2.45, 2.75) is 32.4 Å². The highest BCUT2D eigenvalue weighted by Gasteiger charge is 2.28. The summed E-state index contributed by atoms with van der Waals surface area (Å²) in [5, 5.41) is 2.18. The van der Waals surface area contributed by atoms with Gasteiger partial charge in [0.15, 0.2) is 0 Å². The Kier molecular flexibility index (Phi) is 4.78. The summed E-state index contributed by atoms with van der Waals surface area (Å²) in [7, 11) is 2.22. The Balaban J connectivity index is 2.19. The van der Waals surface area contributed by atoms with Crippen molar-refractivity contribution >= 4 is 11.3 Å². The molecule has 0 saturated carbocycles. The number of hydrogen-bond donors (Lipinski definition) is 1. The van der Waals surface area contributed by atoms with Crippen LogP contribution in [0.2, 0.25) is 0 Å². The van der Waals surface area contributed by atoms with Gasteiger partial charge in [-0.3, -0.25) is 4.90 Å². The fourth-order valence-electron chi connectivity index (χ4n) is 2.97. The first-order valence-corrected chi connectivity index (χ1v) is 7.69. The van der Waals surface area contributed by atoms with Crippen LogP contribution in [0.15, 0.2) is 11.4 Å². The minimum Gasteiger partial charge on any atom is -0.329 e. The molecule has 1 saturated heterocycles. The van der Waals surface area contributed by atoms with Gasteiger partial charge in [-0.15, -0.1) is 11.3 Å². The van der Waals surface area contributed by atoms with Gasteiger partial charge in [-0.05, 0) is 50.9 Å². The van der Waals surface area contributed by atoms with Crippen molar-refractivity contribution < 1.29 is 0 Å². The first kappa shape index (κ1) is 14.0. The quantitative estimate of drug-likeness (QED) is 0.910. The molecule has 1 aromatic rings. The third-order valence-corrected chi connectivity index (χ3v) is 5.05. The molecular formula is C14H25N3S. The predicted octanol–water partition coefficient (Wildman–Crippen LogP) is 2.08. The monoisotopic (exact) mass is 267 g/mol. The first-order valence-electron chi connectivity index (χ1n) is 6.81. The van der Waals surface area contributed by atoms with E-state index >= 15 is 0 Å². The third-order valence-electron chi connectivity index (χ3n) is 3.93. The van der Waals surface area contributed by atoms with Crippen molar-refractivity contribution in [3.05, 3.63) is 21.9 Å². The summed E-state index contributed by atoms with van der Waals surface area (Å²) in [6.45, 7) is 8.74. The maximum Gasteiger partial charge on any atom is 0.0569 e. The van der Waals surface area contributed by atoms with E-state index in [0.29, 0.717) is 12.1 Å². The topological polar surface area (TPSA) is 32.5 Å². The van der Waals surface area contributed by atoms with E-state index in [0.717, 1.165) is 19.6 Å². The highest BCUT2D eigenvalue weighted by molar-refractivity contribution is 7.10. The normalized spacial score (nSPS) is 25.0. The van der Waals surface area contributed by atoms with Crippen LogP contribution in [0.3, 0.4) is 0 Å². The highest BCUT2D eigenvalue weighted by atomic mass is 32.1. The third kappa shape index (κ3) is 2.94. The number of thiophene rings is 1. The van der Waals surface area contributed by atoms with Crippen LogP contribution in [0.25, 0.3) is 0 Å². The van der Waals surface area contributed by atoms with Crippen molar-refractivity contribution in [2.24, 2.45) is 5.73 Å². The number of likely N-dealkylation sites (N-methyl/N-ethyl adjacent to an activating group) is 1. The Morgan fingerprint density at radius 2 is 2.28 bits per heavy atom.